The molecule has 0 bridgehead atoms. The highest BCUT2D eigenvalue weighted by Gasteiger charge is 2.24. The van der Waals surface area contributed by atoms with E-state index in [1.165, 1.54) is 4.57 Å². The minimum absolute atomic E-state index is 0.189. The molecule has 4 aromatic rings. The maximum absolute atomic E-state index is 14.2. The summed E-state index contributed by atoms with van der Waals surface area (Å²) in [6, 6.07) is 22.1. The fourth-order valence-corrected chi connectivity index (χ4v) is 4.28. The van der Waals surface area contributed by atoms with Crippen molar-refractivity contribution >= 4 is 11.7 Å². The molecule has 1 aromatic heterocycles. The Bertz CT molecular complexity index is 1510. The number of rotatable bonds is 6. The number of aryl methyl sites for hydroxylation is 2. The van der Waals surface area contributed by atoms with Crippen LogP contribution in [0.4, 0.5) is 5.69 Å². The number of methoxy groups -OCH3 is 1. The average Bonchev–Trinajstić information content (AvgIpc) is 2.87. The van der Waals surface area contributed by atoms with Gasteiger partial charge in [-0.25, -0.2) is 19.1 Å². The quantitative estimate of drug-likeness (QED) is 0.363. The highest BCUT2D eigenvalue weighted by molar-refractivity contribution is 5.90. The first-order chi connectivity index (χ1) is 17.4. The number of esters is 1. The lowest BCUT2D eigenvalue weighted by Crippen LogP contribution is -2.44. The van der Waals surface area contributed by atoms with Crippen molar-refractivity contribution in [1.82, 2.24) is 9.13 Å². The van der Waals surface area contributed by atoms with Gasteiger partial charge in [0.05, 0.1) is 30.8 Å². The van der Waals surface area contributed by atoms with Crippen molar-refractivity contribution in [3.8, 4) is 17.1 Å². The lowest BCUT2D eigenvalue weighted by atomic mass is 10.1. The van der Waals surface area contributed by atoms with Gasteiger partial charge in [-0.05, 0) is 75.2 Å². The van der Waals surface area contributed by atoms with Gasteiger partial charge in [0.15, 0.2) is 5.49 Å². The smallest absolute Gasteiger partial charge is 0.343 e. The number of hydrogen-bond acceptors (Lipinski definition) is 5. The zero-order valence-corrected chi connectivity index (χ0v) is 21.1. The number of para-hydroxylation sites is 2. The predicted octanol–water partition coefficient (Wildman–Crippen LogP) is 4.97. The number of aromatic nitrogens is 2. The van der Waals surface area contributed by atoms with Crippen LogP contribution in [0.1, 0.15) is 34.1 Å². The van der Waals surface area contributed by atoms with Gasteiger partial charge in [0.25, 0.3) is 0 Å². The van der Waals surface area contributed by atoms with Gasteiger partial charge in [-0.3, -0.25) is 4.57 Å². The van der Waals surface area contributed by atoms with Gasteiger partial charge in [0, 0.05) is 5.69 Å². The Kier molecular flexibility index (Phi) is 7.20. The Hall–Kier alpha value is -4.39. The molecular formula is C29H29N3O4. The van der Waals surface area contributed by atoms with Crippen molar-refractivity contribution in [1.29, 1.82) is 0 Å². The largest absolute Gasteiger partial charge is 0.497 e. The monoisotopic (exact) mass is 483 g/mol. The number of benzene rings is 3. The summed E-state index contributed by atoms with van der Waals surface area (Å²) in [5, 5.41) is 0. The van der Waals surface area contributed by atoms with E-state index in [1.807, 2.05) is 62.4 Å². The van der Waals surface area contributed by atoms with Crippen LogP contribution >= 0.6 is 0 Å². The van der Waals surface area contributed by atoms with Crippen molar-refractivity contribution < 1.29 is 14.3 Å². The van der Waals surface area contributed by atoms with E-state index in [0.717, 1.165) is 16.8 Å². The molecule has 0 atom stereocenters. The zero-order chi connectivity index (χ0) is 25.8. The van der Waals surface area contributed by atoms with Crippen LogP contribution in [0.25, 0.3) is 11.4 Å². The summed E-state index contributed by atoms with van der Waals surface area (Å²) >= 11 is 0. The molecule has 7 nitrogen and oxygen atoms in total. The van der Waals surface area contributed by atoms with Crippen molar-refractivity contribution in [3.63, 3.8) is 0 Å². The minimum atomic E-state index is -0.549. The summed E-state index contributed by atoms with van der Waals surface area (Å²) in [5.74, 6) is 0.129. The molecule has 0 N–H and O–H groups in total. The third-order valence-electron chi connectivity index (χ3n) is 5.98. The third-order valence-corrected chi connectivity index (χ3v) is 5.98. The molecule has 4 rings (SSSR count). The Morgan fingerprint density at radius 1 is 0.861 bits per heavy atom. The van der Waals surface area contributed by atoms with Gasteiger partial charge in [-0.2, -0.15) is 0 Å². The fraction of sp³-hybridized carbons (Fsp3) is 0.207. The third kappa shape index (κ3) is 4.60. The zero-order valence-electron chi connectivity index (χ0n) is 21.1. The van der Waals surface area contributed by atoms with E-state index in [2.05, 4.69) is 0 Å². The van der Waals surface area contributed by atoms with Crippen LogP contribution in [0.2, 0.25) is 0 Å². The molecule has 0 aliphatic rings. The van der Waals surface area contributed by atoms with Gasteiger partial charge < -0.3 is 9.47 Å². The normalized spacial score (nSPS) is 11.4. The second-order valence-electron chi connectivity index (χ2n) is 8.34. The van der Waals surface area contributed by atoms with Crippen LogP contribution in [0.3, 0.4) is 0 Å². The summed E-state index contributed by atoms with van der Waals surface area (Å²) in [4.78, 5) is 32.4. The Morgan fingerprint density at radius 2 is 1.50 bits per heavy atom. The molecule has 184 valence electrons. The van der Waals surface area contributed by atoms with Crippen molar-refractivity contribution in [2.24, 2.45) is 4.99 Å². The average molecular weight is 484 g/mol. The van der Waals surface area contributed by atoms with Crippen LogP contribution in [0, 0.1) is 20.8 Å². The molecular weight excluding hydrogens is 454 g/mol. The molecule has 3 aromatic carbocycles. The molecule has 0 aliphatic heterocycles. The Morgan fingerprint density at radius 3 is 2.08 bits per heavy atom. The fourth-order valence-electron chi connectivity index (χ4n) is 4.28. The van der Waals surface area contributed by atoms with Gasteiger partial charge in [0.1, 0.15) is 11.3 Å². The van der Waals surface area contributed by atoms with Gasteiger partial charge >= 0.3 is 11.7 Å². The van der Waals surface area contributed by atoms with Gasteiger partial charge in [-0.15, -0.1) is 0 Å². The van der Waals surface area contributed by atoms with E-state index in [9.17, 15) is 9.59 Å². The molecule has 0 saturated carbocycles. The Labute approximate surface area is 209 Å². The number of carbonyl (C=O) groups is 1. The predicted molar refractivity (Wildman–Crippen MR) is 140 cm³/mol. The number of carbonyl (C=O) groups excluding carboxylic acids is 1. The highest BCUT2D eigenvalue weighted by atomic mass is 16.5. The molecule has 7 heteroatoms. The topological polar surface area (TPSA) is 74.8 Å². The molecule has 0 unspecified atom stereocenters. The maximum atomic E-state index is 14.2. The van der Waals surface area contributed by atoms with E-state index in [4.69, 9.17) is 14.5 Å². The van der Waals surface area contributed by atoms with E-state index in [0.29, 0.717) is 22.8 Å². The molecule has 0 amide bonds. The Balaban J connectivity index is 2.21. The maximum Gasteiger partial charge on any atom is 0.343 e. The van der Waals surface area contributed by atoms with E-state index < -0.39 is 5.97 Å². The summed E-state index contributed by atoms with van der Waals surface area (Å²) in [5.41, 5.74) is 4.24. The van der Waals surface area contributed by atoms with Crippen molar-refractivity contribution in [2.75, 3.05) is 13.7 Å². The first-order valence-corrected chi connectivity index (χ1v) is 11.7. The van der Waals surface area contributed by atoms with Gasteiger partial charge in [-0.1, -0.05) is 36.4 Å². The second-order valence-corrected chi connectivity index (χ2v) is 8.34. The molecule has 0 saturated heterocycles. The van der Waals surface area contributed by atoms with Crippen LogP contribution in [-0.4, -0.2) is 28.8 Å². The number of ether oxygens (including phenoxy) is 2. The molecule has 0 aliphatic carbocycles. The van der Waals surface area contributed by atoms with E-state index in [1.54, 1.807) is 49.8 Å². The SMILES string of the molecule is CCOC(=O)c1c(C)n(-c2c(C)cccc2C)c(=O)n(-c2ccccc2)c1=Nc1ccc(OC)cc1. The van der Waals surface area contributed by atoms with Crippen molar-refractivity contribution in [3.05, 3.63) is 111 Å². The van der Waals surface area contributed by atoms with Gasteiger partial charge in [0.2, 0.25) is 0 Å². The van der Waals surface area contributed by atoms with E-state index in [-0.39, 0.29) is 23.3 Å². The van der Waals surface area contributed by atoms with Crippen LogP contribution < -0.4 is 15.9 Å². The summed E-state index contributed by atoms with van der Waals surface area (Å²) in [6.07, 6.45) is 0. The van der Waals surface area contributed by atoms with E-state index >= 15 is 0 Å². The number of hydrogen-bond donors (Lipinski definition) is 0. The van der Waals surface area contributed by atoms with Crippen LogP contribution in [0.5, 0.6) is 5.75 Å². The standard InChI is InChI=1S/C29H29N3O4/c1-6-36-28(33)25-21(4)31(26-19(2)11-10-12-20(26)3)29(34)32(23-13-8-7-9-14-23)27(25)30-22-15-17-24(35-5)18-16-22/h7-18H,6H2,1-5H3. The molecule has 0 fully saturated rings. The second kappa shape index (κ2) is 10.5. The molecule has 36 heavy (non-hydrogen) atoms. The highest BCUT2D eigenvalue weighted by Crippen LogP contribution is 2.22. The lowest BCUT2D eigenvalue weighted by Gasteiger charge is -2.21. The lowest BCUT2D eigenvalue weighted by molar-refractivity contribution is 0.0521. The van der Waals surface area contributed by atoms with Crippen molar-refractivity contribution in [2.45, 2.75) is 27.7 Å². The summed E-state index contributed by atoms with van der Waals surface area (Å²) in [7, 11) is 1.59. The molecule has 0 radical (unpaired) electrons. The molecule has 0 spiro atoms. The summed E-state index contributed by atoms with van der Waals surface area (Å²) < 4.78 is 13.8. The summed E-state index contributed by atoms with van der Waals surface area (Å²) in [6.45, 7) is 7.58. The first kappa shape index (κ1) is 24.7. The first-order valence-electron chi connectivity index (χ1n) is 11.7. The van der Waals surface area contributed by atoms with Crippen LogP contribution in [-0.2, 0) is 4.74 Å². The molecule has 1 heterocycles. The number of nitrogens with zero attached hydrogens (tertiary/aromatic N) is 3. The van der Waals surface area contributed by atoms with Crippen LogP contribution in [0.15, 0.2) is 82.6 Å². The minimum Gasteiger partial charge on any atom is -0.497 e.